The molecule has 1 aromatic carbocycles. The van der Waals surface area contributed by atoms with Gasteiger partial charge in [-0.25, -0.2) is 0 Å². The van der Waals surface area contributed by atoms with Gasteiger partial charge in [0, 0.05) is 20.1 Å². The predicted molar refractivity (Wildman–Crippen MR) is 125 cm³/mol. The Labute approximate surface area is 182 Å². The molecule has 0 saturated carbocycles. The fraction of sp³-hybridized carbons (Fsp3) is 0.667. The van der Waals surface area contributed by atoms with E-state index in [1.807, 2.05) is 25.2 Å². The Kier molecular flexibility index (Phi) is 13.5. The van der Waals surface area contributed by atoms with E-state index in [1.165, 1.54) is 50.9 Å². The van der Waals surface area contributed by atoms with Gasteiger partial charge in [-0.3, -0.25) is 4.99 Å². The summed E-state index contributed by atoms with van der Waals surface area (Å²) in [5.41, 5.74) is 1.22. The molecule has 1 heterocycles. The molecule has 6 heteroatoms. The first-order valence-corrected chi connectivity index (χ1v) is 10.1. The highest BCUT2D eigenvalue weighted by atomic mass is 127. The Morgan fingerprint density at radius 2 is 1.89 bits per heavy atom. The van der Waals surface area contributed by atoms with Crippen LogP contribution in [0, 0.1) is 5.92 Å². The Bertz CT molecular complexity index is 506. The molecule has 0 bridgehead atoms. The van der Waals surface area contributed by atoms with Crippen LogP contribution in [-0.4, -0.2) is 57.2 Å². The Hall–Kier alpha value is -0.860. The summed E-state index contributed by atoms with van der Waals surface area (Å²) in [6.45, 7) is 9.28. The van der Waals surface area contributed by atoms with Crippen LogP contribution < -0.4 is 10.6 Å². The number of unbranched alkanes of at least 4 members (excludes halogenated alkanes) is 1. The second-order valence-electron chi connectivity index (χ2n) is 7.24. The third-order valence-electron chi connectivity index (χ3n) is 4.75. The number of benzene rings is 1. The quantitative estimate of drug-likeness (QED) is 0.217. The van der Waals surface area contributed by atoms with Crippen LogP contribution in [-0.2, 0) is 11.3 Å². The van der Waals surface area contributed by atoms with Crippen molar-refractivity contribution >= 4 is 29.9 Å². The predicted octanol–water partition coefficient (Wildman–Crippen LogP) is 3.50. The molecule has 1 aliphatic rings. The molecule has 1 saturated heterocycles. The summed E-state index contributed by atoms with van der Waals surface area (Å²) in [5.74, 6) is 1.33. The number of halogens is 1. The number of guanidine groups is 1. The average molecular weight is 488 g/mol. The number of ether oxygens (including phenoxy) is 1. The second kappa shape index (κ2) is 15.1. The van der Waals surface area contributed by atoms with Gasteiger partial charge in [-0.15, -0.1) is 24.0 Å². The lowest BCUT2D eigenvalue weighted by Gasteiger charge is -2.17. The number of likely N-dealkylation sites (tertiary alicyclic amines) is 1. The SMILES string of the molecule is CN=C(NCCCCN1CCCC1)NCC(C)COCc1ccccc1.I. The van der Waals surface area contributed by atoms with Gasteiger partial charge in [0.2, 0.25) is 0 Å². The minimum atomic E-state index is 0. The maximum absolute atomic E-state index is 5.80. The summed E-state index contributed by atoms with van der Waals surface area (Å²) in [7, 11) is 1.83. The van der Waals surface area contributed by atoms with Gasteiger partial charge >= 0.3 is 0 Å². The van der Waals surface area contributed by atoms with Crippen molar-refractivity contribution in [2.45, 2.75) is 39.2 Å². The van der Waals surface area contributed by atoms with E-state index in [0.717, 1.165) is 25.7 Å². The molecule has 2 rings (SSSR count). The first-order chi connectivity index (χ1) is 12.8. The molecule has 27 heavy (non-hydrogen) atoms. The molecule has 0 aliphatic carbocycles. The van der Waals surface area contributed by atoms with Crippen molar-refractivity contribution in [2.75, 3.05) is 46.4 Å². The van der Waals surface area contributed by atoms with Crippen molar-refractivity contribution in [3.05, 3.63) is 35.9 Å². The van der Waals surface area contributed by atoms with E-state index in [2.05, 4.69) is 39.6 Å². The van der Waals surface area contributed by atoms with Crippen LogP contribution >= 0.6 is 24.0 Å². The van der Waals surface area contributed by atoms with E-state index >= 15 is 0 Å². The highest BCUT2D eigenvalue weighted by Crippen LogP contribution is 2.08. The molecular weight excluding hydrogens is 451 g/mol. The summed E-state index contributed by atoms with van der Waals surface area (Å²) in [4.78, 5) is 6.88. The minimum Gasteiger partial charge on any atom is -0.376 e. The van der Waals surface area contributed by atoms with Crippen LogP contribution in [0.5, 0.6) is 0 Å². The normalized spacial score (nSPS) is 16.0. The van der Waals surface area contributed by atoms with Crippen LogP contribution in [0.4, 0.5) is 0 Å². The molecule has 1 atom stereocenters. The lowest BCUT2D eigenvalue weighted by molar-refractivity contribution is 0.0931. The third-order valence-corrected chi connectivity index (χ3v) is 4.75. The topological polar surface area (TPSA) is 48.9 Å². The molecule has 2 N–H and O–H groups in total. The monoisotopic (exact) mass is 488 g/mol. The van der Waals surface area contributed by atoms with E-state index in [9.17, 15) is 0 Å². The van der Waals surface area contributed by atoms with Crippen LogP contribution in [0.3, 0.4) is 0 Å². The summed E-state index contributed by atoms with van der Waals surface area (Å²) in [6.07, 6.45) is 5.20. The summed E-state index contributed by atoms with van der Waals surface area (Å²) in [6, 6.07) is 10.3. The molecule has 5 nitrogen and oxygen atoms in total. The Balaban J connectivity index is 0.00000364. The molecule has 0 amide bonds. The van der Waals surface area contributed by atoms with Gasteiger partial charge in [0.15, 0.2) is 5.96 Å². The van der Waals surface area contributed by atoms with Crippen LogP contribution in [0.2, 0.25) is 0 Å². The number of hydrogen-bond donors (Lipinski definition) is 2. The number of hydrogen-bond acceptors (Lipinski definition) is 3. The van der Waals surface area contributed by atoms with Gasteiger partial charge < -0.3 is 20.3 Å². The van der Waals surface area contributed by atoms with Gasteiger partial charge in [-0.2, -0.15) is 0 Å². The molecule has 0 spiro atoms. The molecular formula is C21H37IN4O. The number of aliphatic imine (C=N–C) groups is 1. The van der Waals surface area contributed by atoms with Crippen LogP contribution in [0.1, 0.15) is 38.2 Å². The Morgan fingerprint density at radius 3 is 2.59 bits per heavy atom. The largest absolute Gasteiger partial charge is 0.376 e. The van der Waals surface area contributed by atoms with E-state index < -0.39 is 0 Å². The number of nitrogens with one attached hydrogen (secondary N) is 2. The molecule has 1 aliphatic heterocycles. The lowest BCUT2D eigenvalue weighted by atomic mass is 10.2. The highest BCUT2D eigenvalue weighted by Gasteiger charge is 2.10. The maximum Gasteiger partial charge on any atom is 0.190 e. The van der Waals surface area contributed by atoms with Gasteiger partial charge in [0.1, 0.15) is 0 Å². The number of nitrogens with zero attached hydrogens (tertiary/aromatic N) is 2. The zero-order valence-corrected chi connectivity index (χ0v) is 19.3. The molecule has 1 fully saturated rings. The smallest absolute Gasteiger partial charge is 0.190 e. The van der Waals surface area contributed by atoms with Crippen molar-refractivity contribution in [1.29, 1.82) is 0 Å². The van der Waals surface area contributed by atoms with Crippen molar-refractivity contribution in [2.24, 2.45) is 10.9 Å². The lowest BCUT2D eigenvalue weighted by Crippen LogP contribution is -2.40. The molecule has 0 aromatic heterocycles. The van der Waals surface area contributed by atoms with E-state index in [1.54, 1.807) is 0 Å². The van der Waals surface area contributed by atoms with E-state index in [4.69, 9.17) is 4.74 Å². The Morgan fingerprint density at radius 1 is 1.15 bits per heavy atom. The van der Waals surface area contributed by atoms with Gasteiger partial charge in [-0.1, -0.05) is 37.3 Å². The van der Waals surface area contributed by atoms with E-state index in [0.29, 0.717) is 12.5 Å². The van der Waals surface area contributed by atoms with Gasteiger partial charge in [-0.05, 0) is 56.8 Å². The van der Waals surface area contributed by atoms with Crippen molar-refractivity contribution in [1.82, 2.24) is 15.5 Å². The maximum atomic E-state index is 5.80. The summed E-state index contributed by atoms with van der Waals surface area (Å²) < 4.78 is 5.80. The molecule has 1 aromatic rings. The van der Waals surface area contributed by atoms with E-state index in [-0.39, 0.29) is 24.0 Å². The minimum absolute atomic E-state index is 0. The first-order valence-electron chi connectivity index (χ1n) is 10.1. The first kappa shape index (κ1) is 24.2. The highest BCUT2D eigenvalue weighted by molar-refractivity contribution is 14.0. The van der Waals surface area contributed by atoms with Crippen molar-refractivity contribution in [3.8, 4) is 0 Å². The fourth-order valence-corrected chi connectivity index (χ4v) is 3.18. The zero-order chi connectivity index (χ0) is 18.5. The van der Waals surface area contributed by atoms with Crippen molar-refractivity contribution < 1.29 is 4.74 Å². The summed E-state index contributed by atoms with van der Waals surface area (Å²) in [5, 5.41) is 6.81. The number of rotatable bonds is 11. The zero-order valence-electron chi connectivity index (χ0n) is 17.0. The molecule has 0 radical (unpaired) electrons. The van der Waals surface area contributed by atoms with Gasteiger partial charge in [0.05, 0.1) is 13.2 Å². The standard InChI is InChI=1S/C21H36N4O.HI/c1-19(17-26-18-20-10-4-3-5-11-20)16-24-21(22-2)23-12-6-7-13-25-14-8-9-15-25;/h3-5,10-11,19H,6-9,12-18H2,1-2H3,(H2,22,23,24);1H. The van der Waals surface area contributed by atoms with Gasteiger partial charge in [0.25, 0.3) is 0 Å². The third kappa shape index (κ3) is 10.9. The molecule has 1 unspecified atom stereocenters. The van der Waals surface area contributed by atoms with Crippen LogP contribution in [0.15, 0.2) is 35.3 Å². The van der Waals surface area contributed by atoms with Crippen molar-refractivity contribution in [3.63, 3.8) is 0 Å². The second-order valence-corrected chi connectivity index (χ2v) is 7.24. The van der Waals surface area contributed by atoms with Crippen LogP contribution in [0.25, 0.3) is 0 Å². The fourth-order valence-electron chi connectivity index (χ4n) is 3.18. The summed E-state index contributed by atoms with van der Waals surface area (Å²) >= 11 is 0. The molecule has 154 valence electrons. The average Bonchev–Trinajstić information content (AvgIpc) is 3.18.